The summed E-state index contributed by atoms with van der Waals surface area (Å²) in [5.74, 6) is -2.17. The van der Waals surface area contributed by atoms with E-state index in [0.29, 0.717) is 11.1 Å². The SMILES string of the molecule is Cc1ccc(C(N)=O)cc1N(C(=O)OCOC(=O)[C@H](C)N)c1ncnn2cc(C(N)=O)c(C)c12. The van der Waals surface area contributed by atoms with E-state index in [2.05, 4.69) is 10.1 Å². The van der Waals surface area contributed by atoms with Crippen LogP contribution in [0, 0.1) is 13.8 Å². The van der Waals surface area contributed by atoms with Gasteiger partial charge in [0.1, 0.15) is 17.9 Å². The highest BCUT2D eigenvalue weighted by atomic mass is 16.7. The smallest absolute Gasteiger partial charge is 0.423 e. The molecular weight excluding hydrogens is 446 g/mol. The van der Waals surface area contributed by atoms with Gasteiger partial charge in [-0.15, -0.1) is 0 Å². The first kappa shape index (κ1) is 24.1. The van der Waals surface area contributed by atoms with Crippen LogP contribution in [0.2, 0.25) is 0 Å². The summed E-state index contributed by atoms with van der Waals surface area (Å²) in [4.78, 5) is 53.8. The number of rotatable bonds is 7. The number of esters is 1. The number of benzene rings is 1. The number of carbonyl (C=O) groups excluding carboxylic acids is 4. The Labute approximate surface area is 193 Å². The Morgan fingerprint density at radius 1 is 1.12 bits per heavy atom. The number of nitrogens with two attached hydrogens (primary N) is 3. The molecule has 0 radical (unpaired) electrons. The van der Waals surface area contributed by atoms with Gasteiger partial charge in [-0.1, -0.05) is 6.07 Å². The van der Waals surface area contributed by atoms with Gasteiger partial charge in [-0.3, -0.25) is 14.4 Å². The largest absolute Gasteiger partial charge is 0.427 e. The quantitative estimate of drug-likeness (QED) is 0.328. The number of amides is 3. The van der Waals surface area contributed by atoms with Crippen molar-refractivity contribution in [1.82, 2.24) is 14.6 Å². The molecule has 2 aromatic heterocycles. The lowest BCUT2D eigenvalue weighted by Crippen LogP contribution is -2.33. The summed E-state index contributed by atoms with van der Waals surface area (Å²) in [6.07, 6.45) is 1.57. The molecule has 0 aliphatic heterocycles. The lowest BCUT2D eigenvalue weighted by atomic mass is 10.1. The van der Waals surface area contributed by atoms with Crippen molar-refractivity contribution in [3.05, 3.63) is 53.0 Å². The van der Waals surface area contributed by atoms with Gasteiger partial charge in [0.05, 0.1) is 11.3 Å². The summed E-state index contributed by atoms with van der Waals surface area (Å²) in [7, 11) is 0. The average Bonchev–Trinajstić information content (AvgIpc) is 3.12. The first-order valence-electron chi connectivity index (χ1n) is 9.95. The molecule has 0 bridgehead atoms. The summed E-state index contributed by atoms with van der Waals surface area (Å²) in [5, 5.41) is 4.08. The van der Waals surface area contributed by atoms with Gasteiger partial charge in [-0.2, -0.15) is 5.10 Å². The van der Waals surface area contributed by atoms with E-state index in [0.717, 1.165) is 11.2 Å². The highest BCUT2D eigenvalue weighted by molar-refractivity contribution is 6.04. The number of hydrogen-bond acceptors (Lipinski definition) is 9. The van der Waals surface area contributed by atoms with Crippen LogP contribution in [0.1, 0.15) is 38.8 Å². The molecule has 2 heterocycles. The average molecular weight is 469 g/mol. The summed E-state index contributed by atoms with van der Waals surface area (Å²) in [5.41, 5.74) is 18.1. The Morgan fingerprint density at radius 3 is 2.44 bits per heavy atom. The molecular formula is C21H23N7O6. The molecule has 13 heteroatoms. The standard InChI is InChI=1S/C21H23N7O6/c1-10-4-5-13(17(23)29)6-15(10)28(21(32)34-9-33-20(31)12(3)22)19-16-11(2)14(18(24)30)7-27(16)26-8-25-19/h4-8,12H,9,22H2,1-3H3,(H2,23,29)(H2,24,30)/t12-/m0/s1. The number of carbonyl (C=O) groups is 4. The van der Waals surface area contributed by atoms with E-state index < -0.39 is 36.7 Å². The molecule has 0 aliphatic carbocycles. The molecule has 34 heavy (non-hydrogen) atoms. The number of nitrogens with zero attached hydrogens (tertiary/aromatic N) is 4. The number of anilines is 2. The number of aryl methyl sites for hydroxylation is 2. The highest BCUT2D eigenvalue weighted by Crippen LogP contribution is 2.33. The second kappa shape index (κ2) is 9.54. The van der Waals surface area contributed by atoms with Crippen molar-refractivity contribution in [2.45, 2.75) is 26.8 Å². The van der Waals surface area contributed by atoms with E-state index in [1.165, 1.54) is 29.8 Å². The van der Waals surface area contributed by atoms with Crippen molar-refractivity contribution in [3.63, 3.8) is 0 Å². The zero-order chi connectivity index (χ0) is 25.2. The van der Waals surface area contributed by atoms with Gasteiger partial charge in [0.25, 0.3) is 5.91 Å². The minimum Gasteiger partial charge on any atom is -0.427 e. The van der Waals surface area contributed by atoms with Gasteiger partial charge in [-0.25, -0.2) is 19.2 Å². The van der Waals surface area contributed by atoms with Crippen LogP contribution in [0.3, 0.4) is 0 Å². The molecule has 178 valence electrons. The monoisotopic (exact) mass is 469 g/mol. The molecule has 1 aromatic carbocycles. The maximum atomic E-state index is 13.2. The maximum Gasteiger partial charge on any atom is 0.423 e. The lowest BCUT2D eigenvalue weighted by Gasteiger charge is -2.24. The van der Waals surface area contributed by atoms with Crippen molar-refractivity contribution in [1.29, 1.82) is 0 Å². The Morgan fingerprint density at radius 2 is 1.82 bits per heavy atom. The molecule has 0 fully saturated rings. The van der Waals surface area contributed by atoms with E-state index in [-0.39, 0.29) is 28.1 Å². The predicted octanol–water partition coefficient (Wildman–Crippen LogP) is 0.667. The first-order valence-corrected chi connectivity index (χ1v) is 9.95. The second-order valence-corrected chi connectivity index (χ2v) is 7.39. The first-order chi connectivity index (χ1) is 16.0. The fourth-order valence-corrected chi connectivity index (χ4v) is 3.19. The van der Waals surface area contributed by atoms with E-state index in [1.54, 1.807) is 19.9 Å². The van der Waals surface area contributed by atoms with Crippen LogP contribution >= 0.6 is 0 Å². The Hall–Kier alpha value is -4.52. The second-order valence-electron chi connectivity index (χ2n) is 7.39. The summed E-state index contributed by atoms with van der Waals surface area (Å²) < 4.78 is 11.3. The molecule has 0 aliphatic rings. The zero-order valence-electron chi connectivity index (χ0n) is 18.6. The van der Waals surface area contributed by atoms with Crippen molar-refractivity contribution in [2.24, 2.45) is 17.2 Å². The minimum atomic E-state index is -0.996. The van der Waals surface area contributed by atoms with Crippen LogP contribution in [0.4, 0.5) is 16.3 Å². The zero-order valence-corrected chi connectivity index (χ0v) is 18.6. The maximum absolute atomic E-state index is 13.2. The molecule has 0 spiro atoms. The highest BCUT2D eigenvalue weighted by Gasteiger charge is 2.28. The molecule has 1 atom stereocenters. The fourth-order valence-electron chi connectivity index (χ4n) is 3.19. The molecule has 3 amide bonds. The predicted molar refractivity (Wildman–Crippen MR) is 119 cm³/mol. The number of ether oxygens (including phenoxy) is 2. The van der Waals surface area contributed by atoms with Crippen LogP contribution in [-0.2, 0) is 14.3 Å². The molecule has 3 rings (SSSR count). The number of hydrogen-bond donors (Lipinski definition) is 3. The van der Waals surface area contributed by atoms with Crippen molar-refractivity contribution in [3.8, 4) is 0 Å². The Kier molecular flexibility index (Phi) is 6.77. The number of primary amides is 2. The van der Waals surface area contributed by atoms with Gasteiger partial charge >= 0.3 is 12.1 Å². The molecule has 0 unspecified atom stereocenters. The number of fused-ring (bicyclic) bond motifs is 1. The van der Waals surface area contributed by atoms with Gasteiger partial charge in [0.15, 0.2) is 5.82 Å². The molecule has 13 nitrogen and oxygen atoms in total. The van der Waals surface area contributed by atoms with Gasteiger partial charge in [-0.05, 0) is 44.0 Å². The third-order valence-electron chi connectivity index (χ3n) is 4.96. The fraction of sp³-hybridized carbons (Fsp3) is 0.238. The lowest BCUT2D eigenvalue weighted by molar-refractivity contribution is -0.152. The molecule has 0 saturated carbocycles. The van der Waals surface area contributed by atoms with Crippen LogP contribution in [0.25, 0.3) is 5.52 Å². The van der Waals surface area contributed by atoms with Crippen molar-refractivity contribution >= 4 is 40.9 Å². The molecule has 6 N–H and O–H groups in total. The van der Waals surface area contributed by atoms with E-state index >= 15 is 0 Å². The van der Waals surface area contributed by atoms with E-state index in [4.69, 9.17) is 26.7 Å². The van der Waals surface area contributed by atoms with Crippen LogP contribution < -0.4 is 22.1 Å². The number of aromatic nitrogens is 3. The van der Waals surface area contributed by atoms with Gasteiger partial charge in [0, 0.05) is 11.8 Å². The molecule has 3 aromatic rings. The van der Waals surface area contributed by atoms with E-state index in [9.17, 15) is 19.2 Å². The summed E-state index contributed by atoms with van der Waals surface area (Å²) >= 11 is 0. The normalized spacial score (nSPS) is 11.6. The summed E-state index contributed by atoms with van der Waals surface area (Å²) in [6, 6.07) is 3.56. The minimum absolute atomic E-state index is 0.0215. The van der Waals surface area contributed by atoms with Gasteiger partial charge in [0.2, 0.25) is 12.7 Å². The topological polar surface area (TPSA) is 198 Å². The molecule has 0 saturated heterocycles. The van der Waals surface area contributed by atoms with Crippen LogP contribution in [0.15, 0.2) is 30.7 Å². The third kappa shape index (κ3) is 4.63. The van der Waals surface area contributed by atoms with Gasteiger partial charge < -0.3 is 26.7 Å². The van der Waals surface area contributed by atoms with Crippen LogP contribution in [-0.4, -0.2) is 51.3 Å². The van der Waals surface area contributed by atoms with Crippen LogP contribution in [0.5, 0.6) is 0 Å². The Balaban J connectivity index is 2.16. The third-order valence-corrected chi connectivity index (χ3v) is 4.96. The van der Waals surface area contributed by atoms with Crippen molar-refractivity contribution < 1.29 is 28.7 Å². The van der Waals surface area contributed by atoms with E-state index in [1.807, 2.05) is 0 Å². The Bertz CT molecular complexity index is 1300. The van der Waals surface area contributed by atoms with Crippen molar-refractivity contribution in [2.75, 3.05) is 11.7 Å². The summed E-state index contributed by atoms with van der Waals surface area (Å²) in [6.45, 7) is 3.99.